The van der Waals surface area contributed by atoms with Gasteiger partial charge >= 0.3 is 5.69 Å². The summed E-state index contributed by atoms with van der Waals surface area (Å²) in [5, 5.41) is 18.5. The van der Waals surface area contributed by atoms with Crippen molar-refractivity contribution in [3.05, 3.63) is 32.6 Å². The maximum Gasteiger partial charge on any atom is 0.330 e. The van der Waals surface area contributed by atoms with Crippen molar-refractivity contribution >= 4 is 0 Å². The minimum atomic E-state index is -1.01. The first-order valence-electron chi connectivity index (χ1n) is 5.41. The van der Waals surface area contributed by atoms with Gasteiger partial charge in [0.25, 0.3) is 5.56 Å². The van der Waals surface area contributed by atoms with Crippen LogP contribution in [0.15, 0.2) is 15.8 Å². The number of hydrogen-bond acceptors (Lipinski definition) is 5. The molecule has 0 spiro atoms. The van der Waals surface area contributed by atoms with Crippen molar-refractivity contribution in [2.75, 3.05) is 6.61 Å². The van der Waals surface area contributed by atoms with Crippen molar-refractivity contribution < 1.29 is 19.3 Å². The molecule has 0 aromatic carbocycles. The molecule has 1 aromatic heterocycles. The number of nitrogens with one attached hydrogen (secondary N) is 1. The summed E-state index contributed by atoms with van der Waals surface area (Å²) in [4.78, 5) is 24.7. The van der Waals surface area contributed by atoms with Crippen molar-refractivity contribution in [1.82, 2.24) is 9.55 Å². The highest BCUT2D eigenvalue weighted by atomic mass is 19.1. The summed E-state index contributed by atoms with van der Waals surface area (Å²) in [6.45, 7) is -1.39. The van der Waals surface area contributed by atoms with E-state index >= 15 is 0 Å². The molecule has 18 heavy (non-hydrogen) atoms. The van der Waals surface area contributed by atoms with E-state index in [9.17, 15) is 19.1 Å². The molecule has 0 radical (unpaired) electrons. The lowest BCUT2D eigenvalue weighted by atomic mass is 10.2. The van der Waals surface area contributed by atoms with Gasteiger partial charge in [0.05, 0.1) is 18.3 Å². The summed E-state index contributed by atoms with van der Waals surface area (Å²) >= 11 is 0. The Labute approximate surface area is 100 Å². The van der Waals surface area contributed by atoms with Crippen LogP contribution in [-0.4, -0.2) is 38.6 Å². The number of aliphatic hydroxyl groups excluding tert-OH is 2. The number of alkyl halides is 1. The zero-order valence-electron chi connectivity index (χ0n) is 9.38. The van der Waals surface area contributed by atoms with Crippen LogP contribution in [0.4, 0.5) is 4.39 Å². The number of nitrogens with zero attached hydrogens (tertiary/aromatic N) is 1. The largest absolute Gasteiger partial charge is 0.394 e. The first-order valence-corrected chi connectivity index (χ1v) is 5.41. The molecular formula is C10H13FN2O5. The summed E-state index contributed by atoms with van der Waals surface area (Å²) in [5.74, 6) is 0. The smallest absolute Gasteiger partial charge is 0.330 e. The third kappa shape index (κ3) is 2.22. The molecule has 1 fully saturated rings. The second kappa shape index (κ2) is 5.01. The number of H-pyrrole nitrogens is 1. The van der Waals surface area contributed by atoms with E-state index in [-0.39, 0.29) is 18.6 Å². The second-order valence-electron chi connectivity index (χ2n) is 4.07. The Kier molecular flexibility index (Phi) is 3.60. The molecule has 2 heterocycles. The van der Waals surface area contributed by atoms with Crippen molar-refractivity contribution in [2.24, 2.45) is 0 Å². The third-order valence-corrected chi connectivity index (χ3v) is 2.88. The lowest BCUT2D eigenvalue weighted by molar-refractivity contribution is -0.0460. The van der Waals surface area contributed by atoms with E-state index in [4.69, 9.17) is 9.84 Å². The van der Waals surface area contributed by atoms with E-state index in [1.807, 2.05) is 4.98 Å². The van der Waals surface area contributed by atoms with E-state index in [1.54, 1.807) is 0 Å². The van der Waals surface area contributed by atoms with Crippen LogP contribution >= 0.6 is 0 Å². The summed E-state index contributed by atoms with van der Waals surface area (Å²) < 4.78 is 18.8. The van der Waals surface area contributed by atoms with Crippen LogP contribution in [-0.2, 0) is 11.4 Å². The summed E-state index contributed by atoms with van der Waals surface area (Å²) in [7, 11) is 0. The van der Waals surface area contributed by atoms with Crippen LogP contribution < -0.4 is 11.2 Å². The minimum absolute atomic E-state index is 0.0862. The minimum Gasteiger partial charge on any atom is -0.394 e. The van der Waals surface area contributed by atoms with E-state index in [2.05, 4.69) is 0 Å². The predicted molar refractivity (Wildman–Crippen MR) is 57.8 cm³/mol. The van der Waals surface area contributed by atoms with Gasteiger partial charge in [-0.25, -0.2) is 9.18 Å². The number of rotatable bonds is 3. The Morgan fingerprint density at radius 2 is 2.28 bits per heavy atom. The van der Waals surface area contributed by atoms with Crippen molar-refractivity contribution in [3.63, 3.8) is 0 Å². The van der Waals surface area contributed by atoms with Crippen LogP contribution in [0.1, 0.15) is 18.2 Å². The normalized spacial score (nSPS) is 27.6. The fourth-order valence-corrected chi connectivity index (χ4v) is 1.89. The predicted octanol–water partition coefficient (Wildman–Crippen LogP) is -1.35. The van der Waals surface area contributed by atoms with Crippen LogP contribution in [0.3, 0.4) is 0 Å². The quantitative estimate of drug-likeness (QED) is 0.623. The molecular weight excluding hydrogens is 247 g/mol. The van der Waals surface area contributed by atoms with E-state index < -0.39 is 36.4 Å². The van der Waals surface area contributed by atoms with Crippen molar-refractivity contribution in [2.45, 2.75) is 31.5 Å². The maximum atomic E-state index is 12.5. The molecule has 2 rings (SSSR count). The van der Waals surface area contributed by atoms with Crippen LogP contribution in [0.25, 0.3) is 0 Å². The molecule has 3 atom stereocenters. The zero-order chi connectivity index (χ0) is 13.3. The Morgan fingerprint density at radius 1 is 1.56 bits per heavy atom. The van der Waals surface area contributed by atoms with E-state index in [0.29, 0.717) is 0 Å². The SMILES string of the molecule is O=c1[nH]c(=O)n([C@H]2C[C@H](O)[C@@H](CO)O2)cc1CF. The molecule has 100 valence electrons. The average Bonchev–Trinajstić information content (AvgIpc) is 2.70. The topological polar surface area (TPSA) is 105 Å². The first-order chi connectivity index (χ1) is 8.56. The monoisotopic (exact) mass is 260 g/mol. The highest BCUT2D eigenvalue weighted by molar-refractivity contribution is 5.03. The third-order valence-electron chi connectivity index (χ3n) is 2.88. The molecule has 1 aliphatic rings. The molecule has 8 heteroatoms. The van der Waals surface area contributed by atoms with Crippen molar-refractivity contribution in [1.29, 1.82) is 0 Å². The molecule has 3 N–H and O–H groups in total. The van der Waals surface area contributed by atoms with Gasteiger partial charge in [0, 0.05) is 12.6 Å². The number of aromatic amines is 1. The number of aliphatic hydroxyl groups is 2. The number of halogens is 1. The van der Waals surface area contributed by atoms with Crippen molar-refractivity contribution in [3.8, 4) is 0 Å². The number of hydrogen-bond donors (Lipinski definition) is 3. The Bertz CT molecular complexity index is 540. The highest BCUT2D eigenvalue weighted by Gasteiger charge is 2.35. The van der Waals surface area contributed by atoms with Crippen LogP contribution in [0, 0.1) is 0 Å². The van der Waals surface area contributed by atoms with Gasteiger partial charge in [0.15, 0.2) is 0 Å². The van der Waals surface area contributed by atoms with Crippen LogP contribution in [0.2, 0.25) is 0 Å². The lowest BCUT2D eigenvalue weighted by Gasteiger charge is -2.14. The molecule has 0 bridgehead atoms. The average molecular weight is 260 g/mol. The van der Waals surface area contributed by atoms with Gasteiger partial charge in [-0.2, -0.15) is 0 Å². The Balaban J connectivity index is 2.35. The molecule has 0 amide bonds. The molecule has 1 aliphatic heterocycles. The van der Waals surface area contributed by atoms with Gasteiger partial charge in [-0.1, -0.05) is 0 Å². The van der Waals surface area contributed by atoms with Gasteiger partial charge in [-0.3, -0.25) is 14.3 Å². The lowest BCUT2D eigenvalue weighted by Crippen LogP contribution is -2.34. The molecule has 0 unspecified atom stereocenters. The first kappa shape index (κ1) is 12.9. The van der Waals surface area contributed by atoms with Gasteiger partial charge in [0.1, 0.15) is 19.0 Å². The standard InChI is InChI=1S/C10H13FN2O5/c11-2-5-3-13(10(17)12-9(5)16)8-1-6(15)7(4-14)18-8/h3,6-8,14-15H,1-2,4H2,(H,12,16,17)/t6-,7+,8+/m0/s1. The van der Waals surface area contributed by atoms with Gasteiger partial charge < -0.3 is 14.9 Å². The fraction of sp³-hybridized carbons (Fsp3) is 0.600. The summed E-state index contributed by atoms with van der Waals surface area (Å²) in [6.07, 6.45) is -1.37. The van der Waals surface area contributed by atoms with Gasteiger partial charge in [0.2, 0.25) is 0 Å². The van der Waals surface area contributed by atoms with Gasteiger partial charge in [-0.05, 0) is 0 Å². The number of ether oxygens (including phenoxy) is 1. The maximum absolute atomic E-state index is 12.5. The molecule has 0 saturated carbocycles. The second-order valence-corrected chi connectivity index (χ2v) is 4.07. The Morgan fingerprint density at radius 3 is 2.83 bits per heavy atom. The Hall–Kier alpha value is -1.51. The highest BCUT2D eigenvalue weighted by Crippen LogP contribution is 2.27. The van der Waals surface area contributed by atoms with E-state index in [0.717, 1.165) is 10.8 Å². The molecule has 7 nitrogen and oxygen atoms in total. The van der Waals surface area contributed by atoms with E-state index in [1.165, 1.54) is 0 Å². The zero-order valence-corrected chi connectivity index (χ0v) is 9.38. The summed E-state index contributed by atoms with van der Waals surface area (Å²) in [5.41, 5.74) is -1.72. The molecule has 1 aromatic rings. The number of aromatic nitrogens is 2. The molecule has 1 saturated heterocycles. The van der Waals surface area contributed by atoms with Crippen LogP contribution in [0.5, 0.6) is 0 Å². The molecule has 0 aliphatic carbocycles. The van der Waals surface area contributed by atoms with Gasteiger partial charge in [-0.15, -0.1) is 0 Å². The fourth-order valence-electron chi connectivity index (χ4n) is 1.89. The summed E-state index contributed by atoms with van der Waals surface area (Å²) in [6, 6.07) is 0.